The third kappa shape index (κ3) is 3.19. The molecule has 0 saturated heterocycles. The van der Waals surface area contributed by atoms with Crippen LogP contribution in [0.25, 0.3) is 0 Å². The predicted octanol–water partition coefficient (Wildman–Crippen LogP) is 0.0527. The first kappa shape index (κ1) is 12.4. The van der Waals surface area contributed by atoms with Gasteiger partial charge in [-0.25, -0.2) is 4.98 Å². The third-order valence-electron chi connectivity index (χ3n) is 2.13. The maximum atomic E-state index is 8.90. The van der Waals surface area contributed by atoms with Crippen molar-refractivity contribution in [3.8, 4) is 6.07 Å². The average molecular weight is 221 g/mol. The number of pyridine rings is 1. The molecule has 0 radical (unpaired) electrons. The molecule has 0 spiro atoms. The summed E-state index contributed by atoms with van der Waals surface area (Å²) in [4.78, 5) is 6.02. The minimum absolute atomic E-state index is 0.0164. The summed E-state index contributed by atoms with van der Waals surface area (Å²) in [6, 6.07) is 5.40. The van der Waals surface area contributed by atoms with Gasteiger partial charge >= 0.3 is 0 Å². The Balaban J connectivity index is 2.99. The first-order valence-corrected chi connectivity index (χ1v) is 5.06. The van der Waals surface area contributed by atoms with Crippen molar-refractivity contribution in [2.75, 3.05) is 31.2 Å². The van der Waals surface area contributed by atoms with E-state index in [0.29, 0.717) is 24.5 Å². The fourth-order valence-electron chi connectivity index (χ4n) is 1.46. The average Bonchev–Trinajstić information content (AvgIpc) is 2.28. The van der Waals surface area contributed by atoms with E-state index < -0.39 is 0 Å². The molecule has 86 valence electrons. The van der Waals surface area contributed by atoms with Crippen molar-refractivity contribution < 1.29 is 10.2 Å². The Morgan fingerprint density at radius 1 is 1.31 bits per heavy atom. The number of rotatable bonds is 5. The number of hydrogen-bond donors (Lipinski definition) is 2. The fourth-order valence-corrected chi connectivity index (χ4v) is 1.46. The number of anilines is 1. The molecule has 1 aromatic rings. The third-order valence-corrected chi connectivity index (χ3v) is 2.13. The van der Waals surface area contributed by atoms with Gasteiger partial charge < -0.3 is 15.1 Å². The zero-order valence-corrected chi connectivity index (χ0v) is 9.22. The van der Waals surface area contributed by atoms with E-state index in [1.807, 2.05) is 0 Å². The molecule has 0 aliphatic carbocycles. The van der Waals surface area contributed by atoms with Gasteiger partial charge in [-0.15, -0.1) is 0 Å². The van der Waals surface area contributed by atoms with Gasteiger partial charge in [0.1, 0.15) is 5.82 Å². The Morgan fingerprint density at radius 2 is 1.94 bits per heavy atom. The SMILES string of the molecule is Cc1cc(C#N)cc(N(CCO)CCO)n1. The first-order valence-electron chi connectivity index (χ1n) is 5.06. The molecule has 1 aromatic heterocycles. The van der Waals surface area contributed by atoms with Gasteiger partial charge in [0, 0.05) is 18.8 Å². The minimum atomic E-state index is -0.0164. The summed E-state index contributed by atoms with van der Waals surface area (Å²) < 4.78 is 0. The van der Waals surface area contributed by atoms with Gasteiger partial charge in [-0.3, -0.25) is 0 Å². The molecule has 0 aliphatic rings. The van der Waals surface area contributed by atoms with Gasteiger partial charge in [-0.1, -0.05) is 0 Å². The summed E-state index contributed by atoms with van der Waals surface area (Å²) in [5, 5.41) is 26.6. The molecule has 5 nitrogen and oxygen atoms in total. The minimum Gasteiger partial charge on any atom is -0.395 e. The van der Waals surface area contributed by atoms with Crippen LogP contribution in [0.2, 0.25) is 0 Å². The van der Waals surface area contributed by atoms with Crippen LogP contribution >= 0.6 is 0 Å². The number of hydrogen-bond acceptors (Lipinski definition) is 5. The second-order valence-corrected chi connectivity index (χ2v) is 3.40. The molecule has 0 amide bonds. The van der Waals surface area contributed by atoms with Crippen molar-refractivity contribution in [3.63, 3.8) is 0 Å². The van der Waals surface area contributed by atoms with Crippen LogP contribution in [0.1, 0.15) is 11.3 Å². The van der Waals surface area contributed by atoms with Crippen LogP contribution in [0, 0.1) is 18.3 Å². The van der Waals surface area contributed by atoms with Crippen LogP contribution in [-0.4, -0.2) is 41.5 Å². The smallest absolute Gasteiger partial charge is 0.130 e. The van der Waals surface area contributed by atoms with E-state index in [0.717, 1.165) is 5.69 Å². The van der Waals surface area contributed by atoms with Gasteiger partial charge in [0.25, 0.3) is 0 Å². The quantitative estimate of drug-likeness (QED) is 0.734. The Labute approximate surface area is 94.6 Å². The number of aryl methyl sites for hydroxylation is 1. The van der Waals surface area contributed by atoms with Crippen molar-refractivity contribution in [2.24, 2.45) is 0 Å². The Morgan fingerprint density at radius 3 is 2.44 bits per heavy atom. The molecule has 0 aromatic carbocycles. The van der Waals surface area contributed by atoms with Gasteiger partial charge in [0.05, 0.1) is 24.8 Å². The summed E-state index contributed by atoms with van der Waals surface area (Å²) in [6.45, 7) is 2.55. The summed E-state index contributed by atoms with van der Waals surface area (Å²) in [5.74, 6) is 0.611. The van der Waals surface area contributed by atoms with Crippen LogP contribution in [0.15, 0.2) is 12.1 Å². The number of aromatic nitrogens is 1. The monoisotopic (exact) mass is 221 g/mol. The molecule has 0 aliphatic heterocycles. The van der Waals surface area contributed by atoms with Crippen LogP contribution < -0.4 is 4.90 Å². The van der Waals surface area contributed by atoms with Crippen molar-refractivity contribution in [1.82, 2.24) is 4.98 Å². The van der Waals surface area contributed by atoms with E-state index >= 15 is 0 Å². The molecule has 0 bridgehead atoms. The van der Waals surface area contributed by atoms with E-state index in [1.54, 1.807) is 24.0 Å². The zero-order valence-electron chi connectivity index (χ0n) is 9.22. The molecule has 2 N–H and O–H groups in total. The highest BCUT2D eigenvalue weighted by Gasteiger charge is 2.08. The Bertz CT molecular complexity index is 381. The summed E-state index contributed by atoms with van der Waals surface area (Å²) in [5.41, 5.74) is 1.28. The molecule has 1 heterocycles. The number of nitrogens with zero attached hydrogens (tertiary/aromatic N) is 3. The van der Waals surface area contributed by atoms with Crippen LogP contribution in [0.4, 0.5) is 5.82 Å². The van der Waals surface area contributed by atoms with E-state index in [2.05, 4.69) is 11.1 Å². The van der Waals surface area contributed by atoms with Crippen molar-refractivity contribution >= 4 is 5.82 Å². The number of aliphatic hydroxyl groups excluding tert-OH is 2. The maximum absolute atomic E-state index is 8.90. The molecule has 16 heavy (non-hydrogen) atoms. The first-order chi connectivity index (χ1) is 7.71. The molecule has 0 atom stereocenters. The van der Waals surface area contributed by atoms with Crippen LogP contribution in [0.3, 0.4) is 0 Å². The molecule has 0 unspecified atom stereocenters. The highest BCUT2D eigenvalue weighted by Crippen LogP contribution is 2.14. The van der Waals surface area contributed by atoms with Gasteiger partial charge in [-0.2, -0.15) is 5.26 Å². The van der Waals surface area contributed by atoms with Gasteiger partial charge in [-0.05, 0) is 19.1 Å². The lowest BCUT2D eigenvalue weighted by Crippen LogP contribution is -2.30. The van der Waals surface area contributed by atoms with E-state index in [-0.39, 0.29) is 13.2 Å². The second kappa shape index (κ2) is 6.05. The highest BCUT2D eigenvalue weighted by atomic mass is 16.3. The Hall–Kier alpha value is -1.64. The molecular formula is C11H15N3O2. The molecule has 5 heteroatoms. The topological polar surface area (TPSA) is 80.4 Å². The molecule has 0 fully saturated rings. The van der Waals surface area contributed by atoms with Crippen molar-refractivity contribution in [3.05, 3.63) is 23.4 Å². The fraction of sp³-hybridized carbons (Fsp3) is 0.455. The summed E-state index contributed by atoms with van der Waals surface area (Å²) in [7, 11) is 0. The summed E-state index contributed by atoms with van der Waals surface area (Å²) >= 11 is 0. The zero-order chi connectivity index (χ0) is 12.0. The lowest BCUT2D eigenvalue weighted by atomic mass is 10.2. The van der Waals surface area contributed by atoms with Gasteiger partial charge in [0.15, 0.2) is 0 Å². The van der Waals surface area contributed by atoms with E-state index in [1.165, 1.54) is 0 Å². The normalized spacial score (nSPS) is 9.88. The van der Waals surface area contributed by atoms with Gasteiger partial charge in [0.2, 0.25) is 0 Å². The van der Waals surface area contributed by atoms with E-state index in [4.69, 9.17) is 15.5 Å². The molecule has 1 rings (SSSR count). The van der Waals surface area contributed by atoms with Crippen LogP contribution in [0.5, 0.6) is 0 Å². The van der Waals surface area contributed by atoms with Crippen molar-refractivity contribution in [1.29, 1.82) is 5.26 Å². The molecule has 0 saturated carbocycles. The summed E-state index contributed by atoms with van der Waals surface area (Å²) in [6.07, 6.45) is 0. The number of nitriles is 1. The second-order valence-electron chi connectivity index (χ2n) is 3.40. The van der Waals surface area contributed by atoms with E-state index in [9.17, 15) is 0 Å². The predicted molar refractivity (Wildman–Crippen MR) is 60.1 cm³/mol. The number of aliphatic hydroxyl groups is 2. The lowest BCUT2D eigenvalue weighted by molar-refractivity contribution is 0.280. The standard InChI is InChI=1S/C11H15N3O2/c1-9-6-10(8-12)7-11(13-9)14(2-4-15)3-5-16/h6-7,15-16H,2-5H2,1H3. The largest absolute Gasteiger partial charge is 0.395 e. The Kier molecular flexibility index (Phi) is 4.70. The van der Waals surface area contributed by atoms with Crippen molar-refractivity contribution in [2.45, 2.75) is 6.92 Å². The van der Waals surface area contributed by atoms with Crippen LogP contribution in [-0.2, 0) is 0 Å². The lowest BCUT2D eigenvalue weighted by Gasteiger charge is -2.22. The molecular weight excluding hydrogens is 206 g/mol. The maximum Gasteiger partial charge on any atom is 0.130 e. The highest BCUT2D eigenvalue weighted by molar-refractivity contribution is 5.46.